The fourth-order valence-electron chi connectivity index (χ4n) is 2.78. The third kappa shape index (κ3) is 4.85. The van der Waals surface area contributed by atoms with Gasteiger partial charge < -0.3 is 5.11 Å². The number of hydrogen-bond acceptors (Lipinski definition) is 2. The molecule has 1 N–H and O–H groups in total. The van der Waals surface area contributed by atoms with Crippen LogP contribution in [0.4, 0.5) is 0 Å². The molecule has 3 heteroatoms. The standard InChI is InChI=1S/C18H27NO2/c1-3-14(2)5-4-6-15-7-9-16(10-8-15)11-19-12-17(13-19)18(20)21/h7-10,14,17H,3-6,11-13H2,1-2H3,(H,20,21). The topological polar surface area (TPSA) is 40.5 Å². The van der Waals surface area contributed by atoms with E-state index < -0.39 is 5.97 Å². The number of rotatable bonds is 8. The van der Waals surface area contributed by atoms with Crippen molar-refractivity contribution in [3.8, 4) is 0 Å². The van der Waals surface area contributed by atoms with Crippen LogP contribution in [0.2, 0.25) is 0 Å². The zero-order valence-electron chi connectivity index (χ0n) is 13.2. The predicted molar refractivity (Wildman–Crippen MR) is 85.2 cm³/mol. The van der Waals surface area contributed by atoms with Crippen molar-refractivity contribution < 1.29 is 9.90 Å². The Morgan fingerprint density at radius 3 is 2.48 bits per heavy atom. The van der Waals surface area contributed by atoms with E-state index in [1.165, 1.54) is 30.4 Å². The molecule has 1 aromatic rings. The van der Waals surface area contributed by atoms with E-state index in [0.29, 0.717) is 13.1 Å². The van der Waals surface area contributed by atoms with E-state index in [4.69, 9.17) is 5.11 Å². The Labute approximate surface area is 128 Å². The minimum atomic E-state index is -0.664. The van der Waals surface area contributed by atoms with Gasteiger partial charge in [-0.05, 0) is 29.9 Å². The maximum absolute atomic E-state index is 10.8. The number of carboxylic acid groups (broad SMARTS) is 1. The summed E-state index contributed by atoms with van der Waals surface area (Å²) in [5, 5.41) is 8.87. The van der Waals surface area contributed by atoms with Gasteiger partial charge in [-0.2, -0.15) is 0 Å². The lowest BCUT2D eigenvalue weighted by molar-refractivity contribution is -0.147. The van der Waals surface area contributed by atoms with Crippen molar-refractivity contribution in [2.24, 2.45) is 11.8 Å². The van der Waals surface area contributed by atoms with Gasteiger partial charge in [-0.1, -0.05) is 51.0 Å². The maximum atomic E-state index is 10.8. The largest absolute Gasteiger partial charge is 0.481 e. The fourth-order valence-corrected chi connectivity index (χ4v) is 2.78. The third-order valence-electron chi connectivity index (χ3n) is 4.59. The van der Waals surface area contributed by atoms with E-state index in [1.807, 2.05) is 0 Å². The third-order valence-corrected chi connectivity index (χ3v) is 4.59. The molecule has 0 spiro atoms. The Hall–Kier alpha value is -1.35. The highest BCUT2D eigenvalue weighted by Crippen LogP contribution is 2.19. The molecule has 1 saturated heterocycles. The van der Waals surface area contributed by atoms with E-state index in [1.54, 1.807) is 0 Å². The van der Waals surface area contributed by atoms with Crippen molar-refractivity contribution in [2.45, 2.75) is 46.1 Å². The number of carbonyl (C=O) groups is 1. The average molecular weight is 289 g/mol. The Bertz CT molecular complexity index is 449. The first-order valence-corrected chi connectivity index (χ1v) is 8.11. The summed E-state index contributed by atoms with van der Waals surface area (Å²) in [7, 11) is 0. The molecule has 1 fully saturated rings. The van der Waals surface area contributed by atoms with Gasteiger partial charge in [0, 0.05) is 19.6 Å². The quantitative estimate of drug-likeness (QED) is 0.795. The van der Waals surface area contributed by atoms with Crippen LogP contribution >= 0.6 is 0 Å². The van der Waals surface area contributed by atoms with Crippen molar-refractivity contribution in [1.29, 1.82) is 0 Å². The van der Waals surface area contributed by atoms with Gasteiger partial charge in [0.05, 0.1) is 5.92 Å². The second kappa shape index (κ2) is 7.60. The first kappa shape index (κ1) is 16.0. The molecule has 1 heterocycles. The highest BCUT2D eigenvalue weighted by molar-refractivity contribution is 5.71. The van der Waals surface area contributed by atoms with Crippen LogP contribution in [0.3, 0.4) is 0 Å². The molecule has 1 atom stereocenters. The Morgan fingerprint density at radius 1 is 1.29 bits per heavy atom. The normalized spacial score (nSPS) is 17.4. The number of hydrogen-bond donors (Lipinski definition) is 1. The van der Waals surface area contributed by atoms with Gasteiger partial charge in [0.15, 0.2) is 0 Å². The average Bonchev–Trinajstić information content (AvgIpc) is 2.43. The number of benzene rings is 1. The molecule has 2 rings (SSSR count). The summed E-state index contributed by atoms with van der Waals surface area (Å²) < 4.78 is 0. The van der Waals surface area contributed by atoms with Crippen LogP contribution in [0.15, 0.2) is 24.3 Å². The molecule has 0 radical (unpaired) electrons. The number of carboxylic acids is 1. The van der Waals surface area contributed by atoms with Gasteiger partial charge in [-0.25, -0.2) is 0 Å². The van der Waals surface area contributed by atoms with Gasteiger partial charge in [0.25, 0.3) is 0 Å². The van der Waals surface area contributed by atoms with E-state index in [0.717, 1.165) is 18.9 Å². The number of nitrogens with zero attached hydrogens (tertiary/aromatic N) is 1. The van der Waals surface area contributed by atoms with Crippen LogP contribution in [0.5, 0.6) is 0 Å². The minimum Gasteiger partial charge on any atom is -0.481 e. The molecule has 0 saturated carbocycles. The zero-order chi connectivity index (χ0) is 15.2. The van der Waals surface area contributed by atoms with Gasteiger partial charge in [0.1, 0.15) is 0 Å². The highest BCUT2D eigenvalue weighted by Gasteiger charge is 2.31. The first-order valence-electron chi connectivity index (χ1n) is 8.11. The van der Waals surface area contributed by atoms with Crippen molar-refractivity contribution in [1.82, 2.24) is 4.90 Å². The van der Waals surface area contributed by atoms with Gasteiger partial charge in [0.2, 0.25) is 0 Å². The van der Waals surface area contributed by atoms with Crippen LogP contribution in [-0.4, -0.2) is 29.1 Å². The summed E-state index contributed by atoms with van der Waals surface area (Å²) in [5.74, 6) is 0.00519. The molecule has 0 aliphatic carbocycles. The van der Waals surface area contributed by atoms with Gasteiger partial charge in [-0.15, -0.1) is 0 Å². The Kier molecular flexibility index (Phi) is 5.80. The second-order valence-electron chi connectivity index (χ2n) is 6.45. The maximum Gasteiger partial charge on any atom is 0.309 e. The Morgan fingerprint density at radius 2 is 1.90 bits per heavy atom. The predicted octanol–water partition coefficient (Wildman–Crippen LogP) is 3.57. The van der Waals surface area contributed by atoms with E-state index >= 15 is 0 Å². The lowest BCUT2D eigenvalue weighted by atomic mass is 9.97. The number of aryl methyl sites for hydroxylation is 1. The molecule has 1 aliphatic rings. The monoisotopic (exact) mass is 289 g/mol. The highest BCUT2D eigenvalue weighted by atomic mass is 16.4. The molecule has 116 valence electrons. The van der Waals surface area contributed by atoms with Gasteiger partial charge >= 0.3 is 5.97 Å². The minimum absolute atomic E-state index is 0.162. The second-order valence-corrected chi connectivity index (χ2v) is 6.45. The van der Waals surface area contributed by atoms with Crippen molar-refractivity contribution in [3.05, 3.63) is 35.4 Å². The summed E-state index contributed by atoms with van der Waals surface area (Å²) in [6.45, 7) is 6.82. The number of likely N-dealkylation sites (tertiary alicyclic amines) is 1. The molecule has 0 amide bonds. The zero-order valence-corrected chi connectivity index (χ0v) is 13.2. The van der Waals surface area contributed by atoms with Crippen LogP contribution in [0.1, 0.15) is 44.2 Å². The lowest BCUT2D eigenvalue weighted by Crippen LogP contribution is -2.49. The van der Waals surface area contributed by atoms with Crippen LogP contribution in [-0.2, 0) is 17.8 Å². The molecule has 0 bridgehead atoms. The summed E-state index contributed by atoms with van der Waals surface area (Å²) >= 11 is 0. The Balaban J connectivity index is 1.71. The molecular formula is C18H27NO2. The van der Waals surface area contributed by atoms with Crippen LogP contribution in [0.25, 0.3) is 0 Å². The summed E-state index contributed by atoms with van der Waals surface area (Å²) in [6.07, 6.45) is 5.00. The van der Waals surface area contributed by atoms with Crippen molar-refractivity contribution >= 4 is 5.97 Å². The van der Waals surface area contributed by atoms with Crippen molar-refractivity contribution in [2.75, 3.05) is 13.1 Å². The van der Waals surface area contributed by atoms with Crippen LogP contribution in [0, 0.1) is 11.8 Å². The summed E-state index contributed by atoms with van der Waals surface area (Å²) in [5.41, 5.74) is 2.69. The van der Waals surface area contributed by atoms with E-state index in [-0.39, 0.29) is 5.92 Å². The van der Waals surface area contributed by atoms with Crippen LogP contribution < -0.4 is 0 Å². The first-order chi connectivity index (χ1) is 10.1. The molecule has 1 aliphatic heterocycles. The molecule has 0 aromatic heterocycles. The molecule has 3 nitrogen and oxygen atoms in total. The number of aliphatic carboxylic acids is 1. The molecule has 1 unspecified atom stereocenters. The molecule has 21 heavy (non-hydrogen) atoms. The summed E-state index contributed by atoms with van der Waals surface area (Å²) in [4.78, 5) is 13.0. The van der Waals surface area contributed by atoms with E-state index in [9.17, 15) is 4.79 Å². The van der Waals surface area contributed by atoms with E-state index in [2.05, 4.69) is 43.0 Å². The molecular weight excluding hydrogens is 262 g/mol. The lowest BCUT2D eigenvalue weighted by Gasteiger charge is -2.36. The summed E-state index contributed by atoms with van der Waals surface area (Å²) in [6, 6.07) is 8.82. The smallest absolute Gasteiger partial charge is 0.309 e. The SMILES string of the molecule is CCC(C)CCCc1ccc(CN2CC(C(=O)O)C2)cc1. The van der Waals surface area contributed by atoms with Crippen molar-refractivity contribution in [3.63, 3.8) is 0 Å². The fraction of sp³-hybridized carbons (Fsp3) is 0.611. The molecule has 1 aromatic carbocycles. The van der Waals surface area contributed by atoms with Gasteiger partial charge in [-0.3, -0.25) is 9.69 Å².